The number of ether oxygens (including phenoxy) is 2. The molecule has 5 nitrogen and oxygen atoms in total. The highest BCUT2D eigenvalue weighted by Gasteiger charge is 2.38. The summed E-state index contributed by atoms with van der Waals surface area (Å²) in [6, 6.07) is 5.51. The van der Waals surface area contributed by atoms with Gasteiger partial charge in [0, 0.05) is 19.0 Å². The van der Waals surface area contributed by atoms with Gasteiger partial charge in [-0.15, -0.1) is 0 Å². The number of methoxy groups -OCH3 is 1. The summed E-state index contributed by atoms with van der Waals surface area (Å²) in [6.07, 6.45) is 0.396. The van der Waals surface area contributed by atoms with Crippen LogP contribution in [-0.4, -0.2) is 37.1 Å². The summed E-state index contributed by atoms with van der Waals surface area (Å²) in [4.78, 5) is 14.1. The first-order valence-corrected chi connectivity index (χ1v) is 7.83. The van der Waals surface area contributed by atoms with E-state index in [-0.39, 0.29) is 18.0 Å². The van der Waals surface area contributed by atoms with E-state index in [1.807, 2.05) is 30.0 Å². The van der Waals surface area contributed by atoms with E-state index in [2.05, 4.69) is 13.8 Å². The molecule has 0 spiro atoms. The van der Waals surface area contributed by atoms with E-state index in [4.69, 9.17) is 15.2 Å². The van der Waals surface area contributed by atoms with Crippen LogP contribution in [0.4, 0.5) is 0 Å². The lowest BCUT2D eigenvalue weighted by Gasteiger charge is -2.29. The van der Waals surface area contributed by atoms with Crippen LogP contribution in [0.1, 0.15) is 38.8 Å². The minimum Gasteiger partial charge on any atom is -0.493 e. The normalized spacial score (nSPS) is 21.5. The molecule has 122 valence electrons. The lowest BCUT2D eigenvalue weighted by atomic mass is 9.99. The number of benzene rings is 1. The lowest BCUT2D eigenvalue weighted by molar-refractivity contribution is -0.129. The SMILES string of the molecule is CCOc1ccc(C2C(N)CC(=O)N2CC(C)C)cc1OC. The molecule has 0 saturated carbocycles. The van der Waals surface area contributed by atoms with Gasteiger partial charge in [-0.2, -0.15) is 0 Å². The van der Waals surface area contributed by atoms with Crippen LogP contribution in [0, 0.1) is 5.92 Å². The first-order valence-electron chi connectivity index (χ1n) is 7.83. The second-order valence-electron chi connectivity index (χ2n) is 6.10. The number of carbonyl (C=O) groups is 1. The number of nitrogens with two attached hydrogens (primary N) is 1. The number of hydrogen-bond donors (Lipinski definition) is 1. The van der Waals surface area contributed by atoms with Crippen molar-refractivity contribution in [2.24, 2.45) is 11.7 Å². The van der Waals surface area contributed by atoms with Crippen molar-refractivity contribution in [2.45, 2.75) is 39.3 Å². The minimum atomic E-state index is -0.186. The Morgan fingerprint density at radius 1 is 1.36 bits per heavy atom. The standard InChI is InChI=1S/C17H26N2O3/c1-5-22-14-7-6-12(8-15(14)21-4)17-13(18)9-16(20)19(17)10-11(2)3/h6-8,11,13,17H,5,9-10,18H2,1-4H3. The van der Waals surface area contributed by atoms with Gasteiger partial charge in [-0.1, -0.05) is 19.9 Å². The van der Waals surface area contributed by atoms with E-state index in [0.717, 1.165) is 5.56 Å². The van der Waals surface area contributed by atoms with Crippen LogP contribution in [0.5, 0.6) is 11.5 Å². The van der Waals surface area contributed by atoms with E-state index in [9.17, 15) is 4.79 Å². The highest BCUT2D eigenvalue weighted by Crippen LogP contribution is 2.37. The van der Waals surface area contributed by atoms with Crippen molar-refractivity contribution in [3.8, 4) is 11.5 Å². The van der Waals surface area contributed by atoms with Gasteiger partial charge in [0.15, 0.2) is 11.5 Å². The molecule has 2 N–H and O–H groups in total. The number of hydrogen-bond acceptors (Lipinski definition) is 4. The summed E-state index contributed by atoms with van der Waals surface area (Å²) in [5.41, 5.74) is 7.22. The van der Waals surface area contributed by atoms with Crippen LogP contribution < -0.4 is 15.2 Å². The molecule has 1 heterocycles. The van der Waals surface area contributed by atoms with Crippen molar-refractivity contribution < 1.29 is 14.3 Å². The van der Waals surface area contributed by atoms with Crippen molar-refractivity contribution in [3.05, 3.63) is 23.8 Å². The zero-order valence-electron chi connectivity index (χ0n) is 13.8. The van der Waals surface area contributed by atoms with Gasteiger partial charge < -0.3 is 20.1 Å². The predicted molar refractivity (Wildman–Crippen MR) is 86.0 cm³/mol. The third kappa shape index (κ3) is 3.35. The Morgan fingerprint density at radius 3 is 2.68 bits per heavy atom. The molecule has 1 amide bonds. The quantitative estimate of drug-likeness (QED) is 0.876. The highest BCUT2D eigenvalue weighted by atomic mass is 16.5. The van der Waals surface area contributed by atoms with E-state index < -0.39 is 0 Å². The molecule has 22 heavy (non-hydrogen) atoms. The van der Waals surface area contributed by atoms with Gasteiger partial charge in [0.1, 0.15) is 0 Å². The summed E-state index contributed by atoms with van der Waals surface area (Å²) in [5.74, 6) is 1.91. The van der Waals surface area contributed by atoms with Gasteiger partial charge in [0.25, 0.3) is 0 Å². The maximum atomic E-state index is 12.2. The Kier molecular flexibility index (Phi) is 5.29. The van der Waals surface area contributed by atoms with Gasteiger partial charge in [0.05, 0.1) is 19.8 Å². The van der Waals surface area contributed by atoms with E-state index in [1.165, 1.54) is 0 Å². The molecule has 2 atom stereocenters. The molecule has 0 aromatic heterocycles. The molecule has 1 aliphatic rings. The van der Waals surface area contributed by atoms with Crippen LogP contribution in [0.25, 0.3) is 0 Å². The molecule has 0 aliphatic carbocycles. The molecule has 1 aromatic rings. The molecular weight excluding hydrogens is 280 g/mol. The maximum absolute atomic E-state index is 12.2. The Morgan fingerprint density at radius 2 is 2.09 bits per heavy atom. The second kappa shape index (κ2) is 7.01. The fraction of sp³-hybridized carbons (Fsp3) is 0.588. The number of rotatable bonds is 6. The number of carbonyl (C=O) groups excluding carboxylic acids is 1. The van der Waals surface area contributed by atoms with Gasteiger partial charge in [-0.25, -0.2) is 0 Å². The number of likely N-dealkylation sites (tertiary alicyclic amines) is 1. The molecule has 1 aliphatic heterocycles. The summed E-state index contributed by atoms with van der Waals surface area (Å²) in [6.45, 7) is 7.44. The van der Waals surface area contributed by atoms with Gasteiger partial charge in [-0.05, 0) is 30.5 Å². The van der Waals surface area contributed by atoms with Gasteiger partial charge in [-0.3, -0.25) is 4.79 Å². The fourth-order valence-corrected chi connectivity index (χ4v) is 3.00. The second-order valence-corrected chi connectivity index (χ2v) is 6.10. The van der Waals surface area contributed by atoms with Crippen molar-refractivity contribution in [1.29, 1.82) is 0 Å². The molecule has 1 aromatic carbocycles. The summed E-state index contributed by atoms with van der Waals surface area (Å²) < 4.78 is 11.0. The number of nitrogens with zero attached hydrogens (tertiary/aromatic N) is 1. The van der Waals surface area contributed by atoms with Crippen LogP contribution in [0.2, 0.25) is 0 Å². The highest BCUT2D eigenvalue weighted by molar-refractivity contribution is 5.80. The van der Waals surface area contributed by atoms with Crippen LogP contribution in [0.3, 0.4) is 0 Å². The summed E-state index contributed by atoms with van der Waals surface area (Å²) >= 11 is 0. The Labute approximate surface area is 132 Å². The van der Waals surface area contributed by atoms with Crippen LogP contribution >= 0.6 is 0 Å². The molecule has 1 fully saturated rings. The molecule has 1 saturated heterocycles. The largest absolute Gasteiger partial charge is 0.493 e. The van der Waals surface area contributed by atoms with Crippen LogP contribution in [-0.2, 0) is 4.79 Å². The molecule has 0 radical (unpaired) electrons. The van der Waals surface area contributed by atoms with E-state index in [1.54, 1.807) is 7.11 Å². The molecule has 2 rings (SSSR count). The smallest absolute Gasteiger partial charge is 0.224 e. The molecule has 2 unspecified atom stereocenters. The first-order chi connectivity index (χ1) is 10.5. The minimum absolute atomic E-state index is 0.0977. The van der Waals surface area contributed by atoms with Crippen LogP contribution in [0.15, 0.2) is 18.2 Å². The third-order valence-corrected chi connectivity index (χ3v) is 3.86. The monoisotopic (exact) mass is 306 g/mol. The molecule has 0 bridgehead atoms. The zero-order valence-corrected chi connectivity index (χ0v) is 13.8. The first kappa shape index (κ1) is 16.6. The Balaban J connectivity index is 2.33. The number of amides is 1. The van der Waals surface area contributed by atoms with Crippen molar-refractivity contribution in [2.75, 3.05) is 20.3 Å². The van der Waals surface area contributed by atoms with E-state index >= 15 is 0 Å². The predicted octanol–water partition coefficient (Wildman–Crippen LogP) is 2.35. The fourth-order valence-electron chi connectivity index (χ4n) is 3.00. The Bertz CT molecular complexity index is 531. The van der Waals surface area contributed by atoms with Gasteiger partial charge >= 0.3 is 0 Å². The third-order valence-electron chi connectivity index (χ3n) is 3.86. The average Bonchev–Trinajstić information content (AvgIpc) is 2.73. The van der Waals surface area contributed by atoms with Crippen molar-refractivity contribution >= 4 is 5.91 Å². The summed E-state index contributed by atoms with van der Waals surface area (Å²) in [7, 11) is 1.62. The maximum Gasteiger partial charge on any atom is 0.224 e. The van der Waals surface area contributed by atoms with Gasteiger partial charge in [0.2, 0.25) is 5.91 Å². The molecular formula is C17H26N2O3. The van der Waals surface area contributed by atoms with Crippen molar-refractivity contribution in [1.82, 2.24) is 4.90 Å². The van der Waals surface area contributed by atoms with Crippen molar-refractivity contribution in [3.63, 3.8) is 0 Å². The lowest BCUT2D eigenvalue weighted by Crippen LogP contribution is -2.35. The molecule has 5 heteroatoms. The van der Waals surface area contributed by atoms with E-state index in [0.29, 0.717) is 37.0 Å². The topological polar surface area (TPSA) is 64.8 Å². The summed E-state index contributed by atoms with van der Waals surface area (Å²) in [5, 5.41) is 0. The zero-order chi connectivity index (χ0) is 16.3. The Hall–Kier alpha value is -1.75. The average molecular weight is 306 g/mol.